The van der Waals surface area contributed by atoms with Crippen molar-refractivity contribution in [3.05, 3.63) is 0 Å². The van der Waals surface area contributed by atoms with Crippen LogP contribution in [0.2, 0.25) is 0 Å². The van der Waals surface area contributed by atoms with E-state index in [0.29, 0.717) is 0 Å². The summed E-state index contributed by atoms with van der Waals surface area (Å²) < 4.78 is 0. The monoisotopic (exact) mass is 156 g/mol. The van der Waals surface area contributed by atoms with Crippen molar-refractivity contribution in [3.63, 3.8) is 0 Å². The van der Waals surface area contributed by atoms with Gasteiger partial charge in [0.1, 0.15) is 0 Å². The molecule has 4 nitrogen and oxygen atoms in total. The van der Waals surface area contributed by atoms with Crippen molar-refractivity contribution < 1.29 is 4.79 Å². The van der Waals surface area contributed by atoms with Crippen LogP contribution in [0.25, 0.3) is 0 Å². The zero-order valence-corrected chi connectivity index (χ0v) is 6.84. The minimum atomic E-state index is -0.541. The zero-order valence-electron chi connectivity index (χ0n) is 6.84. The molecular weight excluding hydrogens is 142 g/mol. The lowest BCUT2D eigenvalue weighted by Crippen LogP contribution is -2.48. The fraction of sp³-hybridized carbons (Fsp3) is 0.857. The Morgan fingerprint density at radius 2 is 1.91 bits per heavy atom. The van der Waals surface area contributed by atoms with Crippen LogP contribution >= 0.6 is 0 Å². The fourth-order valence-corrected chi connectivity index (χ4v) is 1.27. The molecular formula is C7H14N3O. The number of urea groups is 1. The third kappa shape index (κ3) is 2.08. The predicted octanol–water partition coefficient (Wildman–Crippen LogP) is 0.0268. The Kier molecular flexibility index (Phi) is 2.70. The van der Waals surface area contributed by atoms with Crippen LogP contribution < -0.4 is 5.73 Å². The van der Waals surface area contributed by atoms with Crippen molar-refractivity contribution in [1.82, 2.24) is 15.5 Å². The molecule has 2 amide bonds. The number of hydrogen-bond donors (Lipinski definition) is 0. The average Bonchev–Trinajstić information content (AvgIpc) is 2.05. The third-order valence-electron chi connectivity index (χ3n) is 2.11. The van der Waals surface area contributed by atoms with E-state index in [0.717, 1.165) is 32.7 Å². The summed E-state index contributed by atoms with van der Waals surface area (Å²) in [6.07, 6.45) is 0. The first-order valence-corrected chi connectivity index (χ1v) is 3.97. The molecule has 63 valence electrons. The van der Waals surface area contributed by atoms with E-state index in [2.05, 4.69) is 11.8 Å². The highest BCUT2D eigenvalue weighted by molar-refractivity contribution is 5.71. The number of hydrogen-bond acceptors (Lipinski definition) is 2. The van der Waals surface area contributed by atoms with Crippen molar-refractivity contribution in [3.8, 4) is 0 Å². The summed E-state index contributed by atoms with van der Waals surface area (Å²) in [5, 5.41) is 0. The molecule has 1 aliphatic heterocycles. The Morgan fingerprint density at radius 3 is 2.27 bits per heavy atom. The predicted molar refractivity (Wildman–Crippen MR) is 42.2 cm³/mol. The van der Waals surface area contributed by atoms with Gasteiger partial charge in [-0.25, -0.2) is 10.5 Å². The van der Waals surface area contributed by atoms with Gasteiger partial charge in [-0.1, -0.05) is 6.92 Å². The number of nitrogens with zero attached hydrogens (tertiary/aromatic N) is 2. The van der Waals surface area contributed by atoms with Crippen LogP contribution in [0, 0.1) is 0 Å². The highest BCUT2D eigenvalue weighted by Crippen LogP contribution is 2.00. The van der Waals surface area contributed by atoms with Gasteiger partial charge < -0.3 is 9.80 Å². The minimum absolute atomic E-state index is 0.541. The van der Waals surface area contributed by atoms with Gasteiger partial charge in [-0.2, -0.15) is 0 Å². The van der Waals surface area contributed by atoms with Crippen molar-refractivity contribution in [1.29, 1.82) is 0 Å². The maximum absolute atomic E-state index is 10.6. The lowest BCUT2D eigenvalue weighted by Gasteiger charge is -2.32. The zero-order chi connectivity index (χ0) is 8.27. The topological polar surface area (TPSA) is 47.4 Å². The fourth-order valence-electron chi connectivity index (χ4n) is 1.27. The Hall–Kier alpha value is -0.770. The van der Waals surface area contributed by atoms with Gasteiger partial charge in [-0.05, 0) is 6.54 Å². The van der Waals surface area contributed by atoms with Gasteiger partial charge >= 0.3 is 6.03 Å². The summed E-state index contributed by atoms with van der Waals surface area (Å²) in [5.41, 5.74) is 6.86. The van der Waals surface area contributed by atoms with Crippen molar-refractivity contribution in [2.24, 2.45) is 0 Å². The maximum Gasteiger partial charge on any atom is 0.336 e. The van der Waals surface area contributed by atoms with Gasteiger partial charge in [0.25, 0.3) is 0 Å². The molecule has 0 aromatic carbocycles. The molecule has 11 heavy (non-hydrogen) atoms. The Labute approximate surface area is 66.9 Å². The summed E-state index contributed by atoms with van der Waals surface area (Å²) in [7, 11) is 0. The van der Waals surface area contributed by atoms with Crippen LogP contribution in [0.3, 0.4) is 0 Å². The van der Waals surface area contributed by atoms with E-state index in [1.807, 2.05) is 0 Å². The molecule has 0 saturated carbocycles. The number of amides is 2. The molecule has 4 heteroatoms. The average molecular weight is 156 g/mol. The first kappa shape index (κ1) is 8.33. The number of piperazine rings is 1. The minimum Gasteiger partial charge on any atom is -0.321 e. The van der Waals surface area contributed by atoms with Crippen LogP contribution in [-0.2, 0) is 0 Å². The van der Waals surface area contributed by atoms with E-state index in [4.69, 9.17) is 5.73 Å². The molecule has 0 unspecified atom stereocenters. The van der Waals surface area contributed by atoms with Gasteiger partial charge in [-0.3, -0.25) is 0 Å². The third-order valence-corrected chi connectivity index (χ3v) is 2.11. The van der Waals surface area contributed by atoms with Crippen LogP contribution in [0.5, 0.6) is 0 Å². The quantitative estimate of drug-likeness (QED) is 0.537. The van der Waals surface area contributed by atoms with E-state index >= 15 is 0 Å². The van der Waals surface area contributed by atoms with Crippen LogP contribution in [0.4, 0.5) is 4.79 Å². The molecule has 0 bridgehead atoms. The number of carbonyl (C=O) groups excluding carboxylic acids is 1. The Bertz CT molecular complexity index is 141. The molecule has 1 fully saturated rings. The van der Waals surface area contributed by atoms with Gasteiger partial charge in [0.2, 0.25) is 0 Å². The molecule has 0 aliphatic carbocycles. The summed E-state index contributed by atoms with van der Waals surface area (Å²) >= 11 is 0. The molecule has 0 aromatic heterocycles. The second-order valence-electron chi connectivity index (χ2n) is 2.73. The maximum atomic E-state index is 10.6. The molecule has 0 atom stereocenters. The molecule has 0 aromatic rings. The van der Waals surface area contributed by atoms with E-state index < -0.39 is 6.03 Å². The van der Waals surface area contributed by atoms with E-state index in [9.17, 15) is 4.79 Å². The highest BCUT2D eigenvalue weighted by atomic mass is 16.2. The Morgan fingerprint density at radius 1 is 1.36 bits per heavy atom. The number of nitrogens with one attached hydrogen (secondary N) is 1. The van der Waals surface area contributed by atoms with Gasteiger partial charge in [0.05, 0.1) is 0 Å². The SMILES string of the molecule is CCN1CCN(C([NH])=O)CC1. The van der Waals surface area contributed by atoms with Gasteiger partial charge in [0.15, 0.2) is 0 Å². The van der Waals surface area contributed by atoms with Crippen LogP contribution in [-0.4, -0.2) is 48.6 Å². The van der Waals surface area contributed by atoms with Crippen molar-refractivity contribution >= 4 is 6.03 Å². The van der Waals surface area contributed by atoms with Gasteiger partial charge in [0, 0.05) is 26.2 Å². The largest absolute Gasteiger partial charge is 0.336 e. The first-order chi connectivity index (χ1) is 5.24. The van der Waals surface area contributed by atoms with E-state index in [1.165, 1.54) is 0 Å². The summed E-state index contributed by atoms with van der Waals surface area (Å²) in [6.45, 7) is 6.42. The second-order valence-corrected chi connectivity index (χ2v) is 2.73. The lowest BCUT2D eigenvalue weighted by molar-refractivity contribution is 0.148. The Balaban J connectivity index is 2.30. The van der Waals surface area contributed by atoms with Crippen LogP contribution in [0.15, 0.2) is 0 Å². The number of carbonyl (C=O) groups is 1. The second kappa shape index (κ2) is 3.57. The lowest BCUT2D eigenvalue weighted by atomic mass is 10.3. The number of likely N-dealkylation sites (N-methyl/N-ethyl adjacent to an activating group) is 1. The smallest absolute Gasteiger partial charge is 0.321 e. The normalized spacial score (nSPS) is 20.3. The molecule has 1 rings (SSSR count). The standard InChI is InChI=1S/C7H14N3O/c1-2-9-3-5-10(6-4-9)7(8)11/h8H,2-6H2,1H3. The molecule has 1 heterocycles. The van der Waals surface area contributed by atoms with Crippen molar-refractivity contribution in [2.45, 2.75) is 6.92 Å². The molecule has 0 spiro atoms. The molecule has 1 radical (unpaired) electrons. The molecule has 1 saturated heterocycles. The van der Waals surface area contributed by atoms with Gasteiger partial charge in [-0.15, -0.1) is 0 Å². The van der Waals surface area contributed by atoms with Crippen molar-refractivity contribution in [2.75, 3.05) is 32.7 Å². The van der Waals surface area contributed by atoms with E-state index in [1.54, 1.807) is 4.90 Å². The summed E-state index contributed by atoms with van der Waals surface area (Å²) in [5.74, 6) is 0. The molecule has 1 N–H and O–H groups in total. The number of rotatable bonds is 1. The molecule has 1 aliphatic rings. The summed E-state index contributed by atoms with van der Waals surface area (Å²) in [4.78, 5) is 14.4. The van der Waals surface area contributed by atoms with E-state index in [-0.39, 0.29) is 0 Å². The van der Waals surface area contributed by atoms with Crippen LogP contribution in [0.1, 0.15) is 6.92 Å². The first-order valence-electron chi connectivity index (χ1n) is 3.97. The summed E-state index contributed by atoms with van der Waals surface area (Å²) in [6, 6.07) is -0.541. The highest BCUT2D eigenvalue weighted by Gasteiger charge is 2.17.